The molecule has 1 aromatic carbocycles. The number of nitrogens with zero attached hydrogens (tertiary/aromatic N) is 2. The zero-order valence-electron chi connectivity index (χ0n) is 13.6. The lowest BCUT2D eigenvalue weighted by Gasteiger charge is -2.37. The lowest BCUT2D eigenvalue weighted by molar-refractivity contribution is 0.0592. The minimum absolute atomic E-state index is 0.119. The predicted molar refractivity (Wildman–Crippen MR) is 84.8 cm³/mol. The summed E-state index contributed by atoms with van der Waals surface area (Å²) in [6.07, 6.45) is 0. The summed E-state index contributed by atoms with van der Waals surface area (Å²) in [5.74, 6) is 0.898. The lowest BCUT2D eigenvalue weighted by Crippen LogP contribution is -2.50. The summed E-state index contributed by atoms with van der Waals surface area (Å²) in [5.41, 5.74) is 1.04. The summed E-state index contributed by atoms with van der Waals surface area (Å²) in [4.78, 5) is 16.8. The molecule has 1 saturated heterocycles. The average Bonchev–Trinajstić information content (AvgIpc) is 2.46. The summed E-state index contributed by atoms with van der Waals surface area (Å²) in [6, 6.07) is 7.34. The third-order valence-electron chi connectivity index (χ3n) is 3.69. The molecule has 0 radical (unpaired) electrons. The fourth-order valence-electron chi connectivity index (χ4n) is 2.70. The fourth-order valence-corrected chi connectivity index (χ4v) is 2.70. The number of hydrogen-bond donors (Lipinski definition) is 0. The lowest BCUT2D eigenvalue weighted by atomic mass is 9.96. The molecule has 0 saturated carbocycles. The van der Waals surface area contributed by atoms with Gasteiger partial charge in [0.05, 0.1) is 7.11 Å². The zero-order valence-corrected chi connectivity index (χ0v) is 13.6. The van der Waals surface area contributed by atoms with Crippen molar-refractivity contribution in [2.24, 2.45) is 5.41 Å². The van der Waals surface area contributed by atoms with E-state index in [1.807, 2.05) is 29.2 Å². The quantitative estimate of drug-likeness (QED) is 0.857. The van der Waals surface area contributed by atoms with E-state index in [-0.39, 0.29) is 5.91 Å². The van der Waals surface area contributed by atoms with Crippen LogP contribution in [0.3, 0.4) is 0 Å². The van der Waals surface area contributed by atoms with E-state index in [1.165, 1.54) is 0 Å². The largest absolute Gasteiger partial charge is 0.497 e. The van der Waals surface area contributed by atoms with Crippen LogP contribution in [0.1, 0.15) is 31.1 Å². The van der Waals surface area contributed by atoms with Gasteiger partial charge in [-0.3, -0.25) is 9.69 Å². The Balaban J connectivity index is 1.90. The van der Waals surface area contributed by atoms with E-state index in [1.54, 1.807) is 7.11 Å². The van der Waals surface area contributed by atoms with E-state index in [4.69, 9.17) is 4.74 Å². The van der Waals surface area contributed by atoms with Crippen LogP contribution in [0.2, 0.25) is 0 Å². The Kier molecular flexibility index (Phi) is 4.88. The number of carbonyl (C=O) groups is 1. The third-order valence-corrected chi connectivity index (χ3v) is 3.69. The molecular formula is C17H26N2O2. The van der Waals surface area contributed by atoms with E-state index in [0.29, 0.717) is 5.41 Å². The standard InChI is InChI=1S/C17H26N2O2/c1-17(2,3)13-18-9-11-19(12-10-18)16(20)14-5-7-15(21-4)8-6-14/h5-8H,9-13H2,1-4H3. The first kappa shape index (κ1) is 15.8. The van der Waals surface area contributed by atoms with Gasteiger partial charge in [0.2, 0.25) is 0 Å². The summed E-state index contributed by atoms with van der Waals surface area (Å²) in [5, 5.41) is 0. The van der Waals surface area contributed by atoms with Crippen LogP contribution in [0.25, 0.3) is 0 Å². The van der Waals surface area contributed by atoms with Crippen molar-refractivity contribution in [3.63, 3.8) is 0 Å². The molecule has 0 aromatic heterocycles. The van der Waals surface area contributed by atoms with Crippen molar-refractivity contribution < 1.29 is 9.53 Å². The van der Waals surface area contributed by atoms with Gasteiger partial charge in [-0.2, -0.15) is 0 Å². The molecule has 116 valence electrons. The van der Waals surface area contributed by atoms with Crippen molar-refractivity contribution in [2.75, 3.05) is 39.8 Å². The third kappa shape index (κ3) is 4.46. The number of amides is 1. The van der Waals surface area contributed by atoms with E-state index in [0.717, 1.165) is 44.0 Å². The molecule has 0 unspecified atom stereocenters. The smallest absolute Gasteiger partial charge is 0.253 e. The molecule has 1 aliphatic heterocycles. The van der Waals surface area contributed by atoms with Crippen LogP contribution >= 0.6 is 0 Å². The Bertz CT molecular complexity index is 469. The number of hydrogen-bond acceptors (Lipinski definition) is 3. The van der Waals surface area contributed by atoms with Crippen molar-refractivity contribution in [1.29, 1.82) is 0 Å². The summed E-state index contributed by atoms with van der Waals surface area (Å²) in [7, 11) is 1.63. The minimum Gasteiger partial charge on any atom is -0.497 e. The Morgan fingerprint density at radius 2 is 1.67 bits per heavy atom. The molecule has 0 atom stereocenters. The molecule has 0 N–H and O–H groups in total. The van der Waals surface area contributed by atoms with Gasteiger partial charge >= 0.3 is 0 Å². The van der Waals surface area contributed by atoms with E-state index in [9.17, 15) is 4.79 Å². The van der Waals surface area contributed by atoms with Crippen LogP contribution in [0.5, 0.6) is 5.75 Å². The topological polar surface area (TPSA) is 32.8 Å². The van der Waals surface area contributed by atoms with Crippen LogP contribution in [-0.4, -0.2) is 55.5 Å². The monoisotopic (exact) mass is 290 g/mol. The highest BCUT2D eigenvalue weighted by atomic mass is 16.5. The maximum absolute atomic E-state index is 12.5. The molecule has 1 aliphatic rings. The van der Waals surface area contributed by atoms with Crippen LogP contribution in [0, 0.1) is 5.41 Å². The maximum Gasteiger partial charge on any atom is 0.253 e. The van der Waals surface area contributed by atoms with Crippen LogP contribution < -0.4 is 4.74 Å². The summed E-state index contributed by atoms with van der Waals surface area (Å²) < 4.78 is 5.12. The van der Waals surface area contributed by atoms with Crippen LogP contribution in [0.15, 0.2) is 24.3 Å². The SMILES string of the molecule is COc1ccc(C(=O)N2CCN(CC(C)(C)C)CC2)cc1. The molecular weight excluding hydrogens is 264 g/mol. The Morgan fingerprint density at radius 1 is 1.10 bits per heavy atom. The molecule has 1 amide bonds. The van der Waals surface area contributed by atoms with Gasteiger partial charge in [0.15, 0.2) is 0 Å². The molecule has 0 aliphatic carbocycles. The van der Waals surface area contributed by atoms with Crippen molar-refractivity contribution in [3.05, 3.63) is 29.8 Å². The second kappa shape index (κ2) is 6.48. The maximum atomic E-state index is 12.5. The Labute approximate surface area is 127 Å². The van der Waals surface area contributed by atoms with Crippen molar-refractivity contribution in [2.45, 2.75) is 20.8 Å². The second-order valence-corrected chi connectivity index (χ2v) is 6.86. The van der Waals surface area contributed by atoms with Crippen LogP contribution in [0.4, 0.5) is 0 Å². The van der Waals surface area contributed by atoms with Gasteiger partial charge in [0.1, 0.15) is 5.75 Å². The highest BCUT2D eigenvalue weighted by molar-refractivity contribution is 5.94. The molecule has 21 heavy (non-hydrogen) atoms. The van der Waals surface area contributed by atoms with Crippen molar-refractivity contribution in [1.82, 2.24) is 9.80 Å². The first-order valence-electron chi connectivity index (χ1n) is 7.55. The molecule has 0 spiro atoms. The van der Waals surface area contributed by atoms with Gasteiger partial charge < -0.3 is 9.64 Å². The van der Waals surface area contributed by atoms with Gasteiger partial charge in [-0.1, -0.05) is 20.8 Å². The number of carbonyl (C=O) groups excluding carboxylic acids is 1. The summed E-state index contributed by atoms with van der Waals surface area (Å²) in [6.45, 7) is 11.4. The number of piperazine rings is 1. The summed E-state index contributed by atoms with van der Waals surface area (Å²) >= 11 is 0. The zero-order chi connectivity index (χ0) is 15.5. The number of benzene rings is 1. The second-order valence-electron chi connectivity index (χ2n) is 6.86. The Morgan fingerprint density at radius 3 is 2.14 bits per heavy atom. The van der Waals surface area contributed by atoms with E-state index < -0.39 is 0 Å². The van der Waals surface area contributed by atoms with Crippen molar-refractivity contribution in [3.8, 4) is 5.75 Å². The molecule has 1 fully saturated rings. The minimum atomic E-state index is 0.119. The van der Waals surface area contributed by atoms with Crippen molar-refractivity contribution >= 4 is 5.91 Å². The predicted octanol–water partition coefficient (Wildman–Crippen LogP) is 2.50. The van der Waals surface area contributed by atoms with Gasteiger partial charge in [-0.25, -0.2) is 0 Å². The number of methoxy groups -OCH3 is 1. The normalized spacial score (nSPS) is 16.9. The van der Waals surface area contributed by atoms with Gasteiger partial charge in [0.25, 0.3) is 5.91 Å². The molecule has 4 heteroatoms. The van der Waals surface area contributed by atoms with Crippen LogP contribution in [-0.2, 0) is 0 Å². The van der Waals surface area contributed by atoms with Gasteiger partial charge in [-0.15, -0.1) is 0 Å². The molecule has 0 bridgehead atoms. The van der Waals surface area contributed by atoms with E-state index >= 15 is 0 Å². The first-order valence-corrected chi connectivity index (χ1v) is 7.55. The number of rotatable bonds is 3. The highest BCUT2D eigenvalue weighted by Crippen LogP contribution is 2.18. The van der Waals surface area contributed by atoms with Gasteiger partial charge in [-0.05, 0) is 29.7 Å². The molecule has 2 rings (SSSR count). The number of ether oxygens (including phenoxy) is 1. The average molecular weight is 290 g/mol. The molecule has 4 nitrogen and oxygen atoms in total. The van der Waals surface area contributed by atoms with E-state index in [2.05, 4.69) is 25.7 Å². The fraction of sp³-hybridized carbons (Fsp3) is 0.588. The molecule has 1 aromatic rings. The highest BCUT2D eigenvalue weighted by Gasteiger charge is 2.24. The Hall–Kier alpha value is -1.55. The van der Waals surface area contributed by atoms with Gasteiger partial charge in [0, 0.05) is 38.3 Å². The molecule has 1 heterocycles. The first-order chi connectivity index (χ1) is 9.89.